The van der Waals surface area contributed by atoms with E-state index in [1.54, 1.807) is 19.1 Å². The third-order valence-electron chi connectivity index (χ3n) is 3.73. The summed E-state index contributed by atoms with van der Waals surface area (Å²) in [7, 11) is 0. The van der Waals surface area contributed by atoms with E-state index in [1.165, 1.54) is 31.7 Å². The predicted octanol–water partition coefficient (Wildman–Crippen LogP) is 3.06. The average Bonchev–Trinajstić information content (AvgIpc) is 2.58. The Bertz CT molecular complexity index is 551. The Balaban J connectivity index is 2.54. The second-order valence-corrected chi connectivity index (χ2v) is 5.78. The van der Waals surface area contributed by atoms with Crippen LogP contribution in [0.4, 0.5) is 0 Å². The second kappa shape index (κ2) is 10.6. The van der Waals surface area contributed by atoms with Crippen molar-refractivity contribution in [3.63, 3.8) is 0 Å². The van der Waals surface area contributed by atoms with Gasteiger partial charge in [-0.05, 0) is 32.3 Å². The molecule has 0 saturated heterocycles. The summed E-state index contributed by atoms with van der Waals surface area (Å²) < 4.78 is 4.90. The van der Waals surface area contributed by atoms with Crippen LogP contribution in [0, 0.1) is 0 Å². The lowest BCUT2D eigenvalue weighted by molar-refractivity contribution is -0.156. The van der Waals surface area contributed by atoms with Crippen molar-refractivity contribution in [2.24, 2.45) is 0 Å². The Labute approximate surface area is 143 Å². The number of nitrogens with one attached hydrogen (secondary N) is 1. The van der Waals surface area contributed by atoms with E-state index in [9.17, 15) is 14.4 Å². The van der Waals surface area contributed by atoms with Gasteiger partial charge in [0.1, 0.15) is 0 Å². The molecular formula is C19H27NO4. The van der Waals surface area contributed by atoms with Gasteiger partial charge < -0.3 is 10.1 Å². The van der Waals surface area contributed by atoms with Crippen molar-refractivity contribution >= 4 is 17.7 Å². The molecule has 0 spiro atoms. The molecule has 1 atom stereocenters. The Morgan fingerprint density at radius 1 is 1.04 bits per heavy atom. The number of aryl methyl sites for hydroxylation is 1. The number of Topliss-reactive ketones (excluding diaryl/α,β-unsaturated/α-hetero) is 1. The number of unbranched alkanes of at least 4 members (excludes halogenated alkanes) is 3. The van der Waals surface area contributed by atoms with Crippen molar-refractivity contribution in [3.8, 4) is 0 Å². The molecule has 1 N–H and O–H groups in total. The Morgan fingerprint density at radius 2 is 1.71 bits per heavy atom. The van der Waals surface area contributed by atoms with Gasteiger partial charge in [-0.1, -0.05) is 50.5 Å². The summed E-state index contributed by atoms with van der Waals surface area (Å²) in [4.78, 5) is 35.1. The van der Waals surface area contributed by atoms with E-state index < -0.39 is 18.0 Å². The van der Waals surface area contributed by atoms with E-state index in [-0.39, 0.29) is 5.78 Å². The number of likely N-dealkylation sites (N-methyl/N-ethyl adjacent to an activating group) is 1. The maximum Gasteiger partial charge on any atom is 0.397 e. The van der Waals surface area contributed by atoms with E-state index >= 15 is 0 Å². The minimum Gasteiger partial charge on any atom is -0.447 e. The third kappa shape index (κ3) is 6.52. The van der Waals surface area contributed by atoms with Crippen molar-refractivity contribution in [2.75, 3.05) is 6.54 Å². The van der Waals surface area contributed by atoms with Crippen LogP contribution in [0.2, 0.25) is 0 Å². The normalized spacial score (nSPS) is 11.6. The fourth-order valence-corrected chi connectivity index (χ4v) is 2.33. The van der Waals surface area contributed by atoms with Gasteiger partial charge in [0.05, 0.1) is 0 Å². The minimum absolute atomic E-state index is 0.315. The van der Waals surface area contributed by atoms with Crippen LogP contribution in [0.5, 0.6) is 0 Å². The van der Waals surface area contributed by atoms with Gasteiger partial charge in [-0.25, -0.2) is 4.79 Å². The highest BCUT2D eigenvalue weighted by Crippen LogP contribution is 2.12. The highest BCUT2D eigenvalue weighted by atomic mass is 16.6. The number of ether oxygens (including phenoxy) is 1. The number of amides is 1. The number of rotatable bonds is 9. The summed E-state index contributed by atoms with van der Waals surface area (Å²) >= 11 is 0. The number of ketones is 1. The Hall–Kier alpha value is -2.17. The van der Waals surface area contributed by atoms with E-state index in [0.29, 0.717) is 12.1 Å². The number of benzene rings is 1. The third-order valence-corrected chi connectivity index (χ3v) is 3.73. The maximum absolute atomic E-state index is 12.3. The molecule has 0 saturated carbocycles. The van der Waals surface area contributed by atoms with Crippen molar-refractivity contribution in [1.82, 2.24) is 5.32 Å². The first kappa shape index (κ1) is 19.9. The van der Waals surface area contributed by atoms with Gasteiger partial charge in [0, 0.05) is 12.1 Å². The van der Waals surface area contributed by atoms with Gasteiger partial charge in [-0.2, -0.15) is 0 Å². The second-order valence-electron chi connectivity index (χ2n) is 5.78. The SMILES string of the molecule is CCCCCCc1ccc(C(=O)C(C)OC(=O)C(=O)NCC)cc1. The zero-order valence-electron chi connectivity index (χ0n) is 14.8. The topological polar surface area (TPSA) is 72.5 Å². The lowest BCUT2D eigenvalue weighted by atomic mass is 10.0. The van der Waals surface area contributed by atoms with Gasteiger partial charge in [-0.3, -0.25) is 9.59 Å². The highest BCUT2D eigenvalue weighted by Gasteiger charge is 2.23. The molecule has 0 aliphatic rings. The minimum atomic E-state index is -1.04. The van der Waals surface area contributed by atoms with Crippen LogP contribution < -0.4 is 5.32 Å². The molecule has 0 heterocycles. The predicted molar refractivity (Wildman–Crippen MR) is 92.9 cm³/mol. The molecule has 5 heteroatoms. The van der Waals surface area contributed by atoms with E-state index in [1.807, 2.05) is 12.1 Å². The van der Waals surface area contributed by atoms with Crippen LogP contribution in [0.3, 0.4) is 0 Å². The van der Waals surface area contributed by atoms with Crippen LogP contribution in [-0.4, -0.2) is 30.3 Å². The number of esters is 1. The van der Waals surface area contributed by atoms with Gasteiger partial charge >= 0.3 is 11.9 Å². The van der Waals surface area contributed by atoms with Crippen LogP contribution in [0.25, 0.3) is 0 Å². The molecule has 5 nitrogen and oxygen atoms in total. The molecule has 1 unspecified atom stereocenters. The summed E-state index contributed by atoms with van der Waals surface area (Å²) in [6.07, 6.45) is 4.81. The molecule has 1 aromatic carbocycles. The molecule has 1 rings (SSSR count). The first-order valence-corrected chi connectivity index (χ1v) is 8.61. The van der Waals surface area contributed by atoms with Crippen LogP contribution in [0.1, 0.15) is 62.4 Å². The standard InChI is InChI=1S/C19H27NO4/c1-4-6-7-8-9-15-10-12-16(13-11-15)17(21)14(3)24-19(23)18(22)20-5-2/h10-14H,4-9H2,1-3H3,(H,20,22). The molecule has 1 aromatic rings. The van der Waals surface area contributed by atoms with Crippen molar-refractivity contribution in [2.45, 2.75) is 59.0 Å². The first-order valence-electron chi connectivity index (χ1n) is 8.61. The largest absolute Gasteiger partial charge is 0.447 e. The smallest absolute Gasteiger partial charge is 0.397 e. The lowest BCUT2D eigenvalue weighted by Gasteiger charge is -2.12. The zero-order valence-corrected chi connectivity index (χ0v) is 14.8. The average molecular weight is 333 g/mol. The first-order chi connectivity index (χ1) is 11.5. The quantitative estimate of drug-likeness (QED) is 0.326. The summed E-state index contributed by atoms with van der Waals surface area (Å²) in [5.41, 5.74) is 1.66. The molecule has 0 fully saturated rings. The molecule has 1 amide bonds. The molecule has 0 bridgehead atoms. The monoisotopic (exact) mass is 333 g/mol. The summed E-state index contributed by atoms with van der Waals surface area (Å²) in [5, 5.41) is 2.34. The molecule has 132 valence electrons. The van der Waals surface area contributed by atoms with Crippen molar-refractivity contribution in [3.05, 3.63) is 35.4 Å². The Kier molecular flexibility index (Phi) is 8.76. The number of hydrogen-bond donors (Lipinski definition) is 1. The summed E-state index contributed by atoms with van der Waals surface area (Å²) in [6, 6.07) is 7.34. The van der Waals surface area contributed by atoms with Gasteiger partial charge in [0.15, 0.2) is 6.10 Å². The molecular weight excluding hydrogens is 306 g/mol. The molecule has 0 aliphatic carbocycles. The summed E-state index contributed by atoms with van der Waals surface area (Å²) in [5.74, 6) is -2.19. The van der Waals surface area contributed by atoms with Gasteiger partial charge in [-0.15, -0.1) is 0 Å². The highest BCUT2D eigenvalue weighted by molar-refractivity contribution is 6.32. The van der Waals surface area contributed by atoms with Crippen molar-refractivity contribution in [1.29, 1.82) is 0 Å². The molecule has 0 radical (unpaired) electrons. The van der Waals surface area contributed by atoms with E-state index in [2.05, 4.69) is 12.2 Å². The molecule has 0 aromatic heterocycles. The maximum atomic E-state index is 12.3. The molecule has 24 heavy (non-hydrogen) atoms. The van der Waals surface area contributed by atoms with E-state index in [0.717, 1.165) is 12.8 Å². The van der Waals surface area contributed by atoms with Crippen LogP contribution in [0.15, 0.2) is 24.3 Å². The van der Waals surface area contributed by atoms with Crippen LogP contribution in [-0.2, 0) is 20.7 Å². The lowest BCUT2D eigenvalue weighted by Crippen LogP contribution is -2.36. The fraction of sp³-hybridized carbons (Fsp3) is 0.526. The number of carbonyl (C=O) groups is 3. The fourth-order valence-electron chi connectivity index (χ4n) is 2.33. The van der Waals surface area contributed by atoms with Gasteiger partial charge in [0.25, 0.3) is 0 Å². The van der Waals surface area contributed by atoms with Crippen molar-refractivity contribution < 1.29 is 19.1 Å². The van der Waals surface area contributed by atoms with E-state index in [4.69, 9.17) is 4.74 Å². The zero-order chi connectivity index (χ0) is 17.9. The van der Waals surface area contributed by atoms with Gasteiger partial charge in [0.2, 0.25) is 5.78 Å². The summed E-state index contributed by atoms with van der Waals surface area (Å²) in [6.45, 7) is 5.68. The number of carbonyl (C=O) groups excluding carboxylic acids is 3. The van der Waals surface area contributed by atoms with Crippen LogP contribution >= 0.6 is 0 Å². The molecule has 0 aliphatic heterocycles. The number of hydrogen-bond acceptors (Lipinski definition) is 4. The Morgan fingerprint density at radius 3 is 2.29 bits per heavy atom.